The number of nitrogen functional groups attached to an aromatic ring is 1. The summed E-state index contributed by atoms with van der Waals surface area (Å²) >= 11 is 1.54. The van der Waals surface area contributed by atoms with E-state index < -0.39 is 0 Å². The van der Waals surface area contributed by atoms with Gasteiger partial charge in [-0.2, -0.15) is 0 Å². The number of phenolic OH excluding ortho intramolecular Hbond substituents is 1. The maximum atomic E-state index is 9.43. The van der Waals surface area contributed by atoms with Crippen LogP contribution in [-0.2, 0) is 0 Å². The van der Waals surface area contributed by atoms with E-state index in [2.05, 4.69) is 9.97 Å². The molecular weight excluding hydrogens is 282 g/mol. The summed E-state index contributed by atoms with van der Waals surface area (Å²) in [5.41, 5.74) is 7.41. The SMILES string of the molecule is Nc1ccc(C=CC=Cc2nc3ccc(O)cc3s2)cn1. The predicted molar refractivity (Wildman–Crippen MR) is 88.0 cm³/mol. The van der Waals surface area contributed by atoms with Crippen LogP contribution >= 0.6 is 11.3 Å². The van der Waals surface area contributed by atoms with Gasteiger partial charge in [-0.3, -0.25) is 0 Å². The first kappa shape index (κ1) is 13.3. The van der Waals surface area contributed by atoms with E-state index in [1.54, 1.807) is 24.4 Å². The number of fused-ring (bicyclic) bond motifs is 1. The smallest absolute Gasteiger partial charge is 0.123 e. The highest BCUT2D eigenvalue weighted by Crippen LogP contribution is 2.26. The Bertz CT molecular complexity index is 819. The Hall–Kier alpha value is -2.66. The van der Waals surface area contributed by atoms with Crippen LogP contribution in [0.25, 0.3) is 22.4 Å². The maximum absolute atomic E-state index is 9.43. The van der Waals surface area contributed by atoms with Gasteiger partial charge in [0.05, 0.1) is 10.2 Å². The molecule has 0 unspecified atom stereocenters. The van der Waals surface area contributed by atoms with Crippen molar-refractivity contribution in [3.63, 3.8) is 0 Å². The molecule has 2 heterocycles. The molecule has 0 saturated carbocycles. The summed E-state index contributed by atoms with van der Waals surface area (Å²) in [5, 5.41) is 10.3. The Balaban J connectivity index is 1.73. The molecule has 3 N–H and O–H groups in total. The average Bonchev–Trinajstić information content (AvgIpc) is 2.87. The van der Waals surface area contributed by atoms with Crippen molar-refractivity contribution < 1.29 is 5.11 Å². The first-order valence-electron chi connectivity index (χ1n) is 6.36. The lowest BCUT2D eigenvalue weighted by molar-refractivity contribution is 0.476. The molecule has 1 aromatic carbocycles. The lowest BCUT2D eigenvalue weighted by atomic mass is 10.2. The number of benzene rings is 1. The van der Waals surface area contributed by atoms with E-state index in [9.17, 15) is 5.11 Å². The van der Waals surface area contributed by atoms with Gasteiger partial charge in [0.1, 0.15) is 16.6 Å². The first-order valence-corrected chi connectivity index (χ1v) is 7.18. The molecule has 21 heavy (non-hydrogen) atoms. The molecule has 0 bridgehead atoms. The Morgan fingerprint density at radius 1 is 1.10 bits per heavy atom. The summed E-state index contributed by atoms with van der Waals surface area (Å²) in [6.45, 7) is 0. The Morgan fingerprint density at radius 3 is 2.76 bits per heavy atom. The van der Waals surface area contributed by atoms with Crippen LogP contribution in [-0.4, -0.2) is 15.1 Å². The van der Waals surface area contributed by atoms with Gasteiger partial charge in [0.25, 0.3) is 0 Å². The molecule has 0 spiro atoms. The third kappa shape index (κ3) is 3.27. The molecule has 3 aromatic rings. The van der Waals surface area contributed by atoms with E-state index in [1.165, 1.54) is 11.3 Å². The van der Waals surface area contributed by atoms with E-state index in [0.29, 0.717) is 5.82 Å². The van der Waals surface area contributed by atoms with Crippen LogP contribution in [0.2, 0.25) is 0 Å². The number of hydrogen-bond donors (Lipinski definition) is 2. The molecule has 0 aliphatic rings. The molecule has 4 nitrogen and oxygen atoms in total. The third-order valence-electron chi connectivity index (χ3n) is 2.84. The second-order valence-corrected chi connectivity index (χ2v) is 5.50. The molecular formula is C16H13N3OS. The molecule has 0 saturated heterocycles. The van der Waals surface area contributed by atoms with Crippen molar-refractivity contribution in [1.29, 1.82) is 0 Å². The Morgan fingerprint density at radius 2 is 1.95 bits per heavy atom. The highest BCUT2D eigenvalue weighted by atomic mass is 32.1. The van der Waals surface area contributed by atoms with Crippen LogP contribution < -0.4 is 5.73 Å². The van der Waals surface area contributed by atoms with Gasteiger partial charge in [0.15, 0.2) is 0 Å². The predicted octanol–water partition coefficient (Wildman–Crippen LogP) is 3.71. The summed E-state index contributed by atoms with van der Waals surface area (Å²) < 4.78 is 0.973. The van der Waals surface area contributed by atoms with Gasteiger partial charge in [-0.25, -0.2) is 9.97 Å². The largest absolute Gasteiger partial charge is 0.508 e. The number of pyridine rings is 1. The van der Waals surface area contributed by atoms with E-state index in [1.807, 2.05) is 36.4 Å². The van der Waals surface area contributed by atoms with Crippen molar-refractivity contribution in [3.05, 3.63) is 59.3 Å². The fraction of sp³-hybridized carbons (Fsp3) is 0. The minimum atomic E-state index is 0.262. The fourth-order valence-electron chi connectivity index (χ4n) is 1.82. The molecule has 0 radical (unpaired) electrons. The van der Waals surface area contributed by atoms with Gasteiger partial charge < -0.3 is 10.8 Å². The van der Waals surface area contributed by atoms with Crippen LogP contribution in [0, 0.1) is 0 Å². The molecule has 5 heteroatoms. The highest BCUT2D eigenvalue weighted by molar-refractivity contribution is 7.19. The number of aromatic nitrogens is 2. The number of phenols is 1. The van der Waals surface area contributed by atoms with Crippen molar-refractivity contribution >= 4 is 39.5 Å². The number of aromatic hydroxyl groups is 1. The summed E-state index contributed by atoms with van der Waals surface area (Å²) in [4.78, 5) is 8.49. The quantitative estimate of drug-likeness (QED) is 0.723. The van der Waals surface area contributed by atoms with E-state index in [0.717, 1.165) is 20.8 Å². The van der Waals surface area contributed by atoms with Gasteiger partial charge in [-0.05, 0) is 42.0 Å². The van der Waals surface area contributed by atoms with Gasteiger partial charge in [0.2, 0.25) is 0 Å². The van der Waals surface area contributed by atoms with Crippen LogP contribution in [0.5, 0.6) is 5.75 Å². The zero-order valence-corrected chi connectivity index (χ0v) is 11.9. The van der Waals surface area contributed by atoms with Crippen molar-refractivity contribution in [2.45, 2.75) is 0 Å². The number of anilines is 1. The van der Waals surface area contributed by atoms with Gasteiger partial charge in [-0.1, -0.05) is 18.2 Å². The maximum Gasteiger partial charge on any atom is 0.123 e. The van der Waals surface area contributed by atoms with E-state index >= 15 is 0 Å². The fourth-order valence-corrected chi connectivity index (χ4v) is 2.74. The Labute approximate surface area is 125 Å². The number of thiazole rings is 1. The number of allylic oxidation sites excluding steroid dienone is 2. The first-order chi connectivity index (χ1) is 10.2. The number of nitrogens with zero attached hydrogens (tertiary/aromatic N) is 2. The number of rotatable bonds is 3. The molecule has 0 fully saturated rings. The minimum absolute atomic E-state index is 0.262. The summed E-state index contributed by atoms with van der Waals surface area (Å²) in [6, 6.07) is 8.86. The zero-order chi connectivity index (χ0) is 14.7. The second-order valence-electron chi connectivity index (χ2n) is 4.44. The monoisotopic (exact) mass is 295 g/mol. The molecule has 2 aromatic heterocycles. The third-order valence-corrected chi connectivity index (χ3v) is 3.82. The number of hydrogen-bond acceptors (Lipinski definition) is 5. The zero-order valence-electron chi connectivity index (χ0n) is 11.1. The standard InChI is InChI=1S/C16H13N3OS/c17-15-8-5-11(10-18-15)3-1-2-4-16-19-13-7-6-12(20)9-14(13)21-16/h1-10,20H,(H2,17,18). The molecule has 0 atom stereocenters. The summed E-state index contributed by atoms with van der Waals surface area (Å²) in [7, 11) is 0. The van der Waals surface area contributed by atoms with Crippen LogP contribution in [0.1, 0.15) is 10.6 Å². The van der Waals surface area contributed by atoms with Crippen LogP contribution in [0.3, 0.4) is 0 Å². The molecule has 0 aliphatic carbocycles. The topological polar surface area (TPSA) is 72.0 Å². The minimum Gasteiger partial charge on any atom is -0.508 e. The van der Waals surface area contributed by atoms with E-state index in [4.69, 9.17) is 5.73 Å². The molecule has 3 rings (SSSR count). The van der Waals surface area contributed by atoms with Gasteiger partial charge in [-0.15, -0.1) is 11.3 Å². The molecule has 0 aliphatic heterocycles. The van der Waals surface area contributed by atoms with Crippen LogP contribution in [0.15, 0.2) is 48.7 Å². The summed E-state index contributed by atoms with van der Waals surface area (Å²) in [5.74, 6) is 0.776. The number of nitrogens with two attached hydrogens (primary N) is 1. The van der Waals surface area contributed by atoms with Crippen LogP contribution in [0.4, 0.5) is 5.82 Å². The highest BCUT2D eigenvalue weighted by Gasteiger charge is 2.01. The lowest BCUT2D eigenvalue weighted by Gasteiger charge is -1.92. The molecule has 104 valence electrons. The van der Waals surface area contributed by atoms with E-state index in [-0.39, 0.29) is 5.75 Å². The lowest BCUT2D eigenvalue weighted by Crippen LogP contribution is -1.87. The average molecular weight is 295 g/mol. The van der Waals surface area contributed by atoms with Crippen molar-refractivity contribution in [2.75, 3.05) is 5.73 Å². The second kappa shape index (κ2) is 5.76. The molecule has 0 amide bonds. The van der Waals surface area contributed by atoms with Crippen molar-refractivity contribution in [2.24, 2.45) is 0 Å². The van der Waals surface area contributed by atoms with Gasteiger partial charge in [0, 0.05) is 6.20 Å². The summed E-state index contributed by atoms with van der Waals surface area (Å²) in [6.07, 6.45) is 9.45. The normalized spacial score (nSPS) is 11.8. The Kier molecular flexibility index (Phi) is 3.66. The van der Waals surface area contributed by atoms with Crippen molar-refractivity contribution in [1.82, 2.24) is 9.97 Å². The van der Waals surface area contributed by atoms with Crippen molar-refractivity contribution in [3.8, 4) is 5.75 Å². The van der Waals surface area contributed by atoms with Gasteiger partial charge >= 0.3 is 0 Å².